The van der Waals surface area contributed by atoms with Gasteiger partial charge in [-0.1, -0.05) is 35.1 Å². The van der Waals surface area contributed by atoms with Crippen LogP contribution in [0.5, 0.6) is 5.75 Å². The van der Waals surface area contributed by atoms with Crippen LogP contribution in [0, 0.1) is 10.1 Å². The second-order valence-corrected chi connectivity index (χ2v) is 6.94. The fourth-order valence-electron chi connectivity index (χ4n) is 2.61. The van der Waals surface area contributed by atoms with Crippen molar-refractivity contribution in [2.75, 3.05) is 5.32 Å². The van der Waals surface area contributed by atoms with Gasteiger partial charge in [-0.25, -0.2) is 4.98 Å². The number of aromatic nitrogens is 1. The molecule has 2 heterocycles. The Morgan fingerprint density at radius 1 is 1.31 bits per heavy atom. The summed E-state index contributed by atoms with van der Waals surface area (Å²) in [6, 6.07) is 11.2. The van der Waals surface area contributed by atoms with E-state index in [0.29, 0.717) is 11.7 Å². The molecule has 0 aliphatic carbocycles. The number of nitro groups is 1. The number of thiazole rings is 1. The van der Waals surface area contributed by atoms with Gasteiger partial charge in [0.05, 0.1) is 26.1 Å². The number of rotatable bonds is 3. The third-order valence-electron chi connectivity index (χ3n) is 3.82. The lowest BCUT2D eigenvalue weighted by atomic mass is 10.1. The smallest absolute Gasteiger partial charge is 0.270 e. The topological polar surface area (TPSA) is 94.4 Å². The van der Waals surface area contributed by atoms with E-state index in [1.807, 2.05) is 24.3 Å². The lowest BCUT2D eigenvalue weighted by Crippen LogP contribution is -2.12. The van der Waals surface area contributed by atoms with Crippen molar-refractivity contribution in [3.05, 3.63) is 68.0 Å². The van der Waals surface area contributed by atoms with Gasteiger partial charge in [0.2, 0.25) is 0 Å². The van der Waals surface area contributed by atoms with Gasteiger partial charge >= 0.3 is 0 Å². The zero-order chi connectivity index (χ0) is 18.3. The highest BCUT2D eigenvalue weighted by Crippen LogP contribution is 2.40. The SMILES string of the molecule is O=C(Nc1nc2c(s1)COc1ccccc1-2)c1cc([N+](=O)[O-])ccc1Cl. The quantitative estimate of drug-likeness (QED) is 0.526. The molecule has 0 saturated heterocycles. The minimum absolute atomic E-state index is 0.0192. The molecule has 1 aliphatic rings. The molecule has 0 fully saturated rings. The summed E-state index contributed by atoms with van der Waals surface area (Å²) in [5.41, 5.74) is 1.43. The normalized spacial score (nSPS) is 11.9. The first-order valence-electron chi connectivity index (χ1n) is 7.50. The largest absolute Gasteiger partial charge is 0.487 e. The Kier molecular flexibility index (Phi) is 4.06. The number of nitrogens with one attached hydrogen (secondary N) is 1. The first-order valence-corrected chi connectivity index (χ1v) is 8.69. The number of carbonyl (C=O) groups excluding carboxylic acids is 1. The number of amides is 1. The Bertz CT molecular complexity index is 1050. The maximum absolute atomic E-state index is 12.5. The van der Waals surface area contributed by atoms with E-state index < -0.39 is 10.8 Å². The third kappa shape index (κ3) is 2.89. The summed E-state index contributed by atoms with van der Waals surface area (Å²) in [6.45, 7) is 0.372. The number of benzene rings is 2. The van der Waals surface area contributed by atoms with Gasteiger partial charge in [0, 0.05) is 17.7 Å². The van der Waals surface area contributed by atoms with Gasteiger partial charge in [0.15, 0.2) is 5.13 Å². The summed E-state index contributed by atoms with van der Waals surface area (Å²) in [4.78, 5) is 28.2. The Hall–Kier alpha value is -2.97. The first-order chi connectivity index (χ1) is 12.5. The van der Waals surface area contributed by atoms with E-state index in [0.717, 1.165) is 28.0 Å². The molecular weight excluding hydrogens is 378 g/mol. The lowest BCUT2D eigenvalue weighted by Gasteiger charge is -2.15. The Labute approximate surface area is 156 Å². The number of anilines is 1. The van der Waals surface area contributed by atoms with Crippen LogP contribution in [0.4, 0.5) is 10.8 Å². The van der Waals surface area contributed by atoms with Gasteiger partial charge in [-0.15, -0.1) is 0 Å². The van der Waals surface area contributed by atoms with E-state index >= 15 is 0 Å². The average Bonchev–Trinajstić information content (AvgIpc) is 3.04. The summed E-state index contributed by atoms with van der Waals surface area (Å²) in [5.74, 6) is 0.184. The van der Waals surface area contributed by atoms with Crippen LogP contribution in [0.1, 0.15) is 15.2 Å². The molecule has 26 heavy (non-hydrogen) atoms. The summed E-state index contributed by atoms with van der Waals surface area (Å²) < 4.78 is 5.68. The van der Waals surface area contributed by atoms with Crippen LogP contribution in [0.2, 0.25) is 5.02 Å². The number of carbonyl (C=O) groups is 1. The van der Waals surface area contributed by atoms with Crippen molar-refractivity contribution in [3.8, 4) is 17.0 Å². The molecular formula is C17H10ClN3O4S. The van der Waals surface area contributed by atoms with Crippen molar-refractivity contribution in [1.82, 2.24) is 4.98 Å². The Morgan fingerprint density at radius 2 is 2.12 bits per heavy atom. The van der Waals surface area contributed by atoms with Crippen molar-refractivity contribution in [1.29, 1.82) is 0 Å². The Balaban J connectivity index is 1.64. The van der Waals surface area contributed by atoms with Gasteiger partial charge < -0.3 is 4.74 Å². The van der Waals surface area contributed by atoms with Crippen molar-refractivity contribution in [2.24, 2.45) is 0 Å². The van der Waals surface area contributed by atoms with Crippen LogP contribution in [0.25, 0.3) is 11.3 Å². The van der Waals surface area contributed by atoms with Crippen LogP contribution in [-0.2, 0) is 6.61 Å². The zero-order valence-electron chi connectivity index (χ0n) is 13.1. The number of nitro benzene ring substituents is 1. The number of halogens is 1. The molecule has 7 nitrogen and oxygen atoms in total. The fourth-order valence-corrected chi connectivity index (χ4v) is 3.70. The van der Waals surface area contributed by atoms with Crippen LogP contribution in [0.3, 0.4) is 0 Å². The lowest BCUT2D eigenvalue weighted by molar-refractivity contribution is -0.384. The van der Waals surface area contributed by atoms with Gasteiger partial charge in [-0.2, -0.15) is 0 Å². The molecule has 2 aromatic carbocycles. The number of hydrogen-bond donors (Lipinski definition) is 1. The molecule has 0 bridgehead atoms. The molecule has 9 heteroatoms. The molecule has 1 aromatic heterocycles. The van der Waals surface area contributed by atoms with E-state index in [-0.39, 0.29) is 16.3 Å². The van der Waals surface area contributed by atoms with Crippen LogP contribution >= 0.6 is 22.9 Å². The third-order valence-corrected chi connectivity index (χ3v) is 5.10. The second-order valence-electron chi connectivity index (χ2n) is 5.45. The van der Waals surface area contributed by atoms with Gasteiger partial charge in [-0.05, 0) is 18.2 Å². The van der Waals surface area contributed by atoms with E-state index in [9.17, 15) is 14.9 Å². The molecule has 0 unspecified atom stereocenters. The van der Waals surface area contributed by atoms with E-state index in [1.54, 1.807) is 0 Å². The molecule has 1 amide bonds. The van der Waals surface area contributed by atoms with Crippen molar-refractivity contribution < 1.29 is 14.5 Å². The van der Waals surface area contributed by atoms with Crippen LogP contribution < -0.4 is 10.1 Å². The molecule has 1 aliphatic heterocycles. The summed E-state index contributed by atoms with van der Waals surface area (Å²) >= 11 is 7.30. The highest BCUT2D eigenvalue weighted by Gasteiger charge is 2.23. The number of fused-ring (bicyclic) bond motifs is 3. The maximum atomic E-state index is 12.5. The standard InChI is InChI=1S/C17H10ClN3O4S/c18-12-6-5-9(21(23)24)7-11(12)16(22)20-17-19-15-10-3-1-2-4-13(10)25-8-14(15)26-17/h1-7H,8H2,(H,19,20,22). The predicted octanol–water partition coefficient (Wildman–Crippen LogP) is 4.52. The molecule has 4 rings (SSSR count). The van der Waals surface area contributed by atoms with Gasteiger partial charge in [0.1, 0.15) is 12.4 Å². The minimum Gasteiger partial charge on any atom is -0.487 e. The second kappa shape index (κ2) is 6.40. The van der Waals surface area contributed by atoms with E-state index in [2.05, 4.69) is 10.3 Å². The highest BCUT2D eigenvalue weighted by atomic mass is 35.5. The van der Waals surface area contributed by atoms with Crippen molar-refractivity contribution >= 4 is 39.7 Å². The highest BCUT2D eigenvalue weighted by molar-refractivity contribution is 7.16. The van der Waals surface area contributed by atoms with E-state index in [4.69, 9.17) is 16.3 Å². The molecule has 0 radical (unpaired) electrons. The Morgan fingerprint density at radius 3 is 2.92 bits per heavy atom. The summed E-state index contributed by atoms with van der Waals surface area (Å²) in [5, 5.41) is 14.1. The predicted molar refractivity (Wildman–Crippen MR) is 97.9 cm³/mol. The minimum atomic E-state index is -0.580. The van der Waals surface area contributed by atoms with Crippen molar-refractivity contribution in [2.45, 2.75) is 6.61 Å². The molecule has 0 saturated carbocycles. The summed E-state index contributed by atoms with van der Waals surface area (Å²) in [6.07, 6.45) is 0. The van der Waals surface area contributed by atoms with Gasteiger partial charge in [-0.3, -0.25) is 20.2 Å². The van der Waals surface area contributed by atoms with E-state index in [1.165, 1.54) is 23.5 Å². The molecule has 0 atom stereocenters. The number of hydrogen-bond acceptors (Lipinski definition) is 6. The number of non-ortho nitro benzene ring substituents is 1. The maximum Gasteiger partial charge on any atom is 0.270 e. The molecule has 1 N–H and O–H groups in total. The fraction of sp³-hybridized carbons (Fsp3) is 0.0588. The van der Waals surface area contributed by atoms with Crippen molar-refractivity contribution in [3.63, 3.8) is 0 Å². The molecule has 0 spiro atoms. The number of nitrogens with zero attached hydrogens (tertiary/aromatic N) is 2. The molecule has 130 valence electrons. The zero-order valence-corrected chi connectivity index (χ0v) is 14.6. The number of ether oxygens (including phenoxy) is 1. The van der Waals surface area contributed by atoms with Crippen LogP contribution in [-0.4, -0.2) is 15.8 Å². The first kappa shape index (κ1) is 16.5. The number of para-hydroxylation sites is 1. The monoisotopic (exact) mass is 387 g/mol. The summed E-state index contributed by atoms with van der Waals surface area (Å²) in [7, 11) is 0. The molecule has 3 aromatic rings. The average molecular weight is 388 g/mol. The van der Waals surface area contributed by atoms with Gasteiger partial charge in [0.25, 0.3) is 11.6 Å². The van der Waals surface area contributed by atoms with Crippen LogP contribution in [0.15, 0.2) is 42.5 Å².